The van der Waals surface area contributed by atoms with Crippen LogP contribution in [0.25, 0.3) is 0 Å². The van der Waals surface area contributed by atoms with Crippen molar-refractivity contribution in [1.82, 2.24) is 20.1 Å². The van der Waals surface area contributed by atoms with Crippen LogP contribution in [0, 0.1) is 0 Å². The normalized spacial score (nSPS) is 14.6. The van der Waals surface area contributed by atoms with Crippen LogP contribution in [-0.4, -0.2) is 38.3 Å². The van der Waals surface area contributed by atoms with Gasteiger partial charge in [-0.2, -0.15) is 5.10 Å². The highest BCUT2D eigenvalue weighted by atomic mass is 16.5. The molecule has 2 aromatic heterocycles. The molecule has 6 nitrogen and oxygen atoms in total. The first-order valence-electron chi connectivity index (χ1n) is 6.29. The summed E-state index contributed by atoms with van der Waals surface area (Å²) in [7, 11) is 0. The van der Waals surface area contributed by atoms with E-state index in [1.54, 1.807) is 6.20 Å². The molecular formula is C13H16N4O2. The van der Waals surface area contributed by atoms with E-state index in [-0.39, 0.29) is 6.61 Å². The van der Waals surface area contributed by atoms with Crippen LogP contribution >= 0.6 is 0 Å². The average molecular weight is 260 g/mol. The summed E-state index contributed by atoms with van der Waals surface area (Å²) in [6, 6.07) is 5.57. The zero-order valence-electron chi connectivity index (χ0n) is 10.5. The average Bonchev–Trinajstić information content (AvgIpc) is 2.98. The molecule has 6 heteroatoms. The van der Waals surface area contributed by atoms with Crippen LogP contribution in [0.4, 0.5) is 0 Å². The van der Waals surface area contributed by atoms with Gasteiger partial charge in [-0.3, -0.25) is 10.00 Å². The smallest absolute Gasteiger partial charge is 0.213 e. The molecule has 0 saturated heterocycles. The van der Waals surface area contributed by atoms with Crippen LogP contribution in [0.5, 0.6) is 5.88 Å². The maximum atomic E-state index is 8.96. The highest BCUT2D eigenvalue weighted by molar-refractivity contribution is 5.28. The number of fused-ring (bicyclic) bond motifs is 1. The molecule has 0 saturated carbocycles. The Kier molecular flexibility index (Phi) is 3.43. The van der Waals surface area contributed by atoms with Crippen LogP contribution in [0.3, 0.4) is 0 Å². The molecule has 100 valence electrons. The van der Waals surface area contributed by atoms with Gasteiger partial charge in [-0.15, -0.1) is 0 Å². The minimum Gasteiger partial charge on any atom is -0.471 e. The topological polar surface area (TPSA) is 74.3 Å². The van der Waals surface area contributed by atoms with Crippen molar-refractivity contribution in [3.8, 4) is 5.88 Å². The Bertz CT molecular complexity index is 541. The molecule has 2 N–H and O–H groups in total. The SMILES string of the molecule is OCCN1Cc2[nH]nc(COc3ccccn3)c2C1. The number of β-amino-alcohol motifs (C(OH)–C–C–N with tert-alkyl or cyclic N) is 1. The number of aliphatic hydroxyl groups is 1. The van der Waals surface area contributed by atoms with Gasteiger partial charge < -0.3 is 9.84 Å². The second-order valence-electron chi connectivity index (χ2n) is 4.52. The zero-order valence-corrected chi connectivity index (χ0v) is 10.5. The summed E-state index contributed by atoms with van der Waals surface area (Å²) in [4.78, 5) is 6.29. The number of aromatic amines is 1. The molecule has 0 bridgehead atoms. The van der Waals surface area contributed by atoms with Gasteiger partial charge in [0, 0.05) is 37.5 Å². The van der Waals surface area contributed by atoms with Gasteiger partial charge >= 0.3 is 0 Å². The summed E-state index contributed by atoms with van der Waals surface area (Å²) in [6.45, 7) is 2.90. The Morgan fingerprint density at radius 2 is 2.32 bits per heavy atom. The van der Waals surface area contributed by atoms with E-state index in [4.69, 9.17) is 9.84 Å². The predicted molar refractivity (Wildman–Crippen MR) is 68.4 cm³/mol. The molecule has 0 fully saturated rings. The van der Waals surface area contributed by atoms with Crippen molar-refractivity contribution in [2.75, 3.05) is 13.2 Å². The monoisotopic (exact) mass is 260 g/mol. The summed E-state index contributed by atoms with van der Waals surface area (Å²) in [5.74, 6) is 0.601. The van der Waals surface area contributed by atoms with Gasteiger partial charge in [0.25, 0.3) is 0 Å². The quantitative estimate of drug-likeness (QED) is 0.827. The number of aliphatic hydroxyl groups excluding tert-OH is 1. The Labute approximate surface area is 111 Å². The molecule has 3 rings (SSSR count). The largest absolute Gasteiger partial charge is 0.471 e. The lowest BCUT2D eigenvalue weighted by Crippen LogP contribution is -2.21. The van der Waals surface area contributed by atoms with Crippen LogP contribution in [0.1, 0.15) is 17.0 Å². The fraction of sp³-hybridized carbons (Fsp3) is 0.385. The Morgan fingerprint density at radius 3 is 3.11 bits per heavy atom. The van der Waals surface area contributed by atoms with Gasteiger partial charge in [-0.25, -0.2) is 4.98 Å². The van der Waals surface area contributed by atoms with Crippen molar-refractivity contribution in [2.24, 2.45) is 0 Å². The molecule has 0 aliphatic carbocycles. The van der Waals surface area contributed by atoms with Crippen molar-refractivity contribution in [3.63, 3.8) is 0 Å². The van der Waals surface area contributed by atoms with Crippen LogP contribution in [-0.2, 0) is 19.7 Å². The highest BCUT2D eigenvalue weighted by Gasteiger charge is 2.24. The number of nitrogens with zero attached hydrogens (tertiary/aromatic N) is 3. The minimum atomic E-state index is 0.178. The lowest BCUT2D eigenvalue weighted by Gasteiger charge is -2.12. The first-order valence-corrected chi connectivity index (χ1v) is 6.29. The van der Waals surface area contributed by atoms with Gasteiger partial charge in [0.15, 0.2) is 0 Å². The van der Waals surface area contributed by atoms with E-state index >= 15 is 0 Å². The number of nitrogens with one attached hydrogen (secondary N) is 1. The molecule has 0 spiro atoms. The van der Waals surface area contributed by atoms with Crippen LogP contribution in [0.15, 0.2) is 24.4 Å². The molecule has 1 aliphatic heterocycles. The Hall–Kier alpha value is -1.92. The van der Waals surface area contributed by atoms with Gasteiger partial charge in [-0.05, 0) is 6.07 Å². The summed E-state index contributed by atoms with van der Waals surface area (Å²) < 4.78 is 5.61. The molecule has 0 aromatic carbocycles. The van der Waals surface area contributed by atoms with Gasteiger partial charge in [0.1, 0.15) is 12.3 Å². The first-order chi connectivity index (χ1) is 9.36. The van der Waals surface area contributed by atoms with E-state index < -0.39 is 0 Å². The lowest BCUT2D eigenvalue weighted by atomic mass is 10.2. The fourth-order valence-corrected chi connectivity index (χ4v) is 2.26. The molecule has 3 heterocycles. The number of H-pyrrole nitrogens is 1. The number of ether oxygens (including phenoxy) is 1. The zero-order chi connectivity index (χ0) is 13.1. The number of pyridine rings is 1. The van der Waals surface area contributed by atoms with E-state index in [2.05, 4.69) is 20.1 Å². The fourth-order valence-electron chi connectivity index (χ4n) is 2.26. The van der Waals surface area contributed by atoms with Gasteiger partial charge in [0.2, 0.25) is 5.88 Å². The third kappa shape index (κ3) is 2.59. The predicted octanol–water partition coefficient (Wildman–Crippen LogP) is 0.692. The van der Waals surface area contributed by atoms with Crippen molar-refractivity contribution >= 4 is 0 Å². The molecular weight excluding hydrogens is 244 g/mol. The van der Waals surface area contributed by atoms with Crippen molar-refractivity contribution in [3.05, 3.63) is 41.3 Å². The Balaban J connectivity index is 1.65. The molecule has 19 heavy (non-hydrogen) atoms. The van der Waals surface area contributed by atoms with E-state index in [0.717, 1.165) is 24.5 Å². The molecule has 2 aromatic rings. The number of hydrogen-bond donors (Lipinski definition) is 2. The maximum Gasteiger partial charge on any atom is 0.213 e. The molecule has 0 unspecified atom stereocenters. The number of hydrogen-bond acceptors (Lipinski definition) is 5. The summed E-state index contributed by atoms with van der Waals surface area (Å²) in [6.07, 6.45) is 1.70. The van der Waals surface area contributed by atoms with E-state index in [0.29, 0.717) is 19.0 Å². The molecule has 0 amide bonds. The molecule has 0 radical (unpaired) electrons. The van der Waals surface area contributed by atoms with Crippen LogP contribution < -0.4 is 4.74 Å². The standard InChI is InChI=1S/C13H16N4O2/c18-6-5-17-7-10-11(8-17)15-16-12(10)9-19-13-3-1-2-4-14-13/h1-4,18H,5-9H2,(H,15,16). The summed E-state index contributed by atoms with van der Waals surface area (Å²) in [5.41, 5.74) is 3.22. The number of aromatic nitrogens is 3. The number of rotatable bonds is 5. The second-order valence-corrected chi connectivity index (χ2v) is 4.52. The van der Waals surface area contributed by atoms with Gasteiger partial charge in [0.05, 0.1) is 12.3 Å². The lowest BCUT2D eigenvalue weighted by molar-refractivity contribution is 0.195. The molecule has 1 aliphatic rings. The van der Waals surface area contributed by atoms with E-state index in [1.807, 2.05) is 18.2 Å². The summed E-state index contributed by atoms with van der Waals surface area (Å²) in [5, 5.41) is 16.3. The highest BCUT2D eigenvalue weighted by Crippen LogP contribution is 2.24. The summed E-state index contributed by atoms with van der Waals surface area (Å²) >= 11 is 0. The first kappa shape index (κ1) is 12.1. The van der Waals surface area contributed by atoms with E-state index in [9.17, 15) is 0 Å². The van der Waals surface area contributed by atoms with Gasteiger partial charge in [-0.1, -0.05) is 6.07 Å². The minimum absolute atomic E-state index is 0.178. The van der Waals surface area contributed by atoms with Crippen LogP contribution in [0.2, 0.25) is 0 Å². The third-order valence-electron chi connectivity index (χ3n) is 3.21. The molecule has 0 atom stereocenters. The maximum absolute atomic E-state index is 8.96. The Morgan fingerprint density at radius 1 is 1.37 bits per heavy atom. The van der Waals surface area contributed by atoms with Crippen molar-refractivity contribution in [1.29, 1.82) is 0 Å². The second kappa shape index (κ2) is 5.38. The third-order valence-corrected chi connectivity index (χ3v) is 3.21. The van der Waals surface area contributed by atoms with Crippen molar-refractivity contribution < 1.29 is 9.84 Å². The van der Waals surface area contributed by atoms with Crippen molar-refractivity contribution in [2.45, 2.75) is 19.7 Å². The van der Waals surface area contributed by atoms with E-state index in [1.165, 1.54) is 5.56 Å².